The van der Waals surface area contributed by atoms with E-state index in [9.17, 15) is 0 Å². The second-order valence-electron chi connectivity index (χ2n) is 5.89. The van der Waals surface area contributed by atoms with Crippen molar-refractivity contribution < 1.29 is 9.26 Å². The Hall–Kier alpha value is -2.37. The summed E-state index contributed by atoms with van der Waals surface area (Å²) in [6.45, 7) is 2.04. The van der Waals surface area contributed by atoms with Crippen molar-refractivity contribution in [2.24, 2.45) is 0 Å². The summed E-state index contributed by atoms with van der Waals surface area (Å²) in [4.78, 5) is 4.55. The third-order valence-corrected chi connectivity index (χ3v) is 4.35. The number of rotatable bonds is 3. The molecule has 2 heterocycles. The smallest absolute Gasteiger partial charge is 0.258 e. The van der Waals surface area contributed by atoms with Crippen LogP contribution in [0.4, 0.5) is 0 Å². The van der Waals surface area contributed by atoms with E-state index in [2.05, 4.69) is 33.7 Å². The molecule has 0 spiro atoms. The zero-order valence-corrected chi connectivity index (χ0v) is 14.8. The Kier molecular flexibility index (Phi) is 5.36. The van der Waals surface area contributed by atoms with E-state index in [0.717, 1.165) is 42.8 Å². The van der Waals surface area contributed by atoms with Crippen molar-refractivity contribution in [3.05, 3.63) is 53.6 Å². The Labute approximate surface area is 152 Å². The van der Waals surface area contributed by atoms with Crippen LogP contribution in [0.15, 0.2) is 47.0 Å². The van der Waals surface area contributed by atoms with Crippen molar-refractivity contribution in [3.8, 4) is 28.6 Å². The van der Waals surface area contributed by atoms with E-state index in [1.54, 1.807) is 7.11 Å². The number of nitrogens with zero attached hydrogens (tertiary/aromatic N) is 2. The summed E-state index contributed by atoms with van der Waals surface area (Å²) in [6, 6.07) is 14.1. The molecule has 0 saturated heterocycles. The van der Waals surface area contributed by atoms with Gasteiger partial charge < -0.3 is 14.6 Å². The van der Waals surface area contributed by atoms with Gasteiger partial charge in [-0.1, -0.05) is 23.4 Å². The monoisotopic (exact) mass is 357 g/mol. The summed E-state index contributed by atoms with van der Waals surface area (Å²) in [5.41, 5.74) is 4.61. The van der Waals surface area contributed by atoms with Gasteiger partial charge in [0.25, 0.3) is 5.89 Å². The number of hydrogen-bond donors (Lipinski definition) is 1. The first kappa shape index (κ1) is 17.5. The third-order valence-electron chi connectivity index (χ3n) is 4.35. The second kappa shape index (κ2) is 7.68. The molecule has 1 aromatic heterocycles. The summed E-state index contributed by atoms with van der Waals surface area (Å²) in [5, 5.41) is 7.54. The molecule has 0 fully saturated rings. The molecule has 3 aromatic rings. The van der Waals surface area contributed by atoms with Gasteiger partial charge in [0.05, 0.1) is 7.11 Å². The Bertz CT molecular complexity index is 863. The number of ether oxygens (including phenoxy) is 1. The van der Waals surface area contributed by atoms with Crippen LogP contribution in [0, 0.1) is 0 Å². The normalized spacial score (nSPS) is 13.5. The van der Waals surface area contributed by atoms with Gasteiger partial charge in [-0.2, -0.15) is 4.98 Å². The molecule has 0 radical (unpaired) electrons. The van der Waals surface area contributed by atoms with Crippen LogP contribution in [0.3, 0.4) is 0 Å². The molecule has 0 aliphatic carbocycles. The van der Waals surface area contributed by atoms with Crippen molar-refractivity contribution in [2.45, 2.75) is 12.8 Å². The van der Waals surface area contributed by atoms with Gasteiger partial charge in [0, 0.05) is 11.1 Å². The number of aromatic nitrogens is 2. The van der Waals surface area contributed by atoms with Crippen molar-refractivity contribution in [3.63, 3.8) is 0 Å². The molecule has 1 aliphatic rings. The average Bonchev–Trinajstić information content (AvgIpc) is 3.01. The lowest BCUT2D eigenvalue weighted by molar-refractivity contribution is 0.414. The van der Waals surface area contributed by atoms with E-state index in [4.69, 9.17) is 9.26 Å². The van der Waals surface area contributed by atoms with E-state index >= 15 is 0 Å². The molecule has 5 nitrogen and oxygen atoms in total. The van der Waals surface area contributed by atoms with Crippen molar-refractivity contribution in [1.29, 1.82) is 0 Å². The summed E-state index contributed by atoms with van der Waals surface area (Å²) in [7, 11) is 1.64. The van der Waals surface area contributed by atoms with Gasteiger partial charge in [-0.25, -0.2) is 0 Å². The Balaban J connectivity index is 0.00000182. The van der Waals surface area contributed by atoms with Crippen molar-refractivity contribution in [2.75, 3.05) is 20.2 Å². The first-order chi connectivity index (χ1) is 11.8. The standard InChI is InChI=1S/C19H19N3O2.ClH/c1-23-17-4-2-3-15(12-17)18-21-19(24-22-18)16-6-5-13-7-9-20-10-8-14(13)11-16;/h2-6,11-12,20H,7-10H2,1H3;1H. The van der Waals surface area contributed by atoms with Gasteiger partial charge in [0.15, 0.2) is 0 Å². The first-order valence-electron chi connectivity index (χ1n) is 8.14. The maximum Gasteiger partial charge on any atom is 0.258 e. The zero-order chi connectivity index (χ0) is 16.4. The van der Waals surface area contributed by atoms with Crippen molar-refractivity contribution >= 4 is 12.4 Å². The van der Waals surface area contributed by atoms with Gasteiger partial charge in [0.2, 0.25) is 5.82 Å². The number of halogens is 1. The highest BCUT2D eigenvalue weighted by molar-refractivity contribution is 5.85. The van der Waals surface area contributed by atoms with E-state index < -0.39 is 0 Å². The van der Waals surface area contributed by atoms with E-state index in [1.165, 1.54) is 11.1 Å². The molecule has 0 saturated carbocycles. The highest BCUT2D eigenvalue weighted by Gasteiger charge is 2.14. The lowest BCUT2D eigenvalue weighted by Crippen LogP contribution is -2.16. The summed E-state index contributed by atoms with van der Waals surface area (Å²) >= 11 is 0. The van der Waals surface area contributed by atoms with Crippen LogP contribution in [-0.2, 0) is 12.8 Å². The minimum absolute atomic E-state index is 0. The molecule has 0 amide bonds. The SMILES string of the molecule is COc1cccc(-c2noc(-c3ccc4c(c3)CCNCC4)n2)c1.Cl. The Morgan fingerprint density at radius 2 is 1.84 bits per heavy atom. The van der Waals surface area contributed by atoms with Gasteiger partial charge in [-0.3, -0.25) is 0 Å². The van der Waals surface area contributed by atoms with Crippen LogP contribution in [0.5, 0.6) is 5.75 Å². The molecule has 6 heteroatoms. The highest BCUT2D eigenvalue weighted by atomic mass is 35.5. The molecule has 1 aliphatic heterocycles. The predicted octanol–water partition coefficient (Wildman–Crippen LogP) is 3.52. The summed E-state index contributed by atoms with van der Waals surface area (Å²) < 4.78 is 10.7. The maximum absolute atomic E-state index is 5.48. The fraction of sp³-hybridized carbons (Fsp3) is 0.263. The summed E-state index contributed by atoms with van der Waals surface area (Å²) in [5.74, 6) is 1.89. The number of hydrogen-bond acceptors (Lipinski definition) is 5. The van der Waals surface area contributed by atoms with Gasteiger partial charge >= 0.3 is 0 Å². The van der Waals surface area contributed by atoms with E-state index in [-0.39, 0.29) is 12.4 Å². The van der Waals surface area contributed by atoms with Crippen LogP contribution in [-0.4, -0.2) is 30.3 Å². The van der Waals surface area contributed by atoms with Crippen molar-refractivity contribution in [1.82, 2.24) is 15.5 Å². The molecule has 130 valence electrons. The maximum atomic E-state index is 5.48. The van der Waals surface area contributed by atoms with E-state index in [1.807, 2.05) is 24.3 Å². The minimum Gasteiger partial charge on any atom is -0.497 e. The molecule has 4 rings (SSSR count). The number of fused-ring (bicyclic) bond motifs is 1. The second-order valence-corrected chi connectivity index (χ2v) is 5.89. The van der Waals surface area contributed by atoms with Gasteiger partial charge in [-0.15, -0.1) is 12.4 Å². The number of nitrogens with one attached hydrogen (secondary N) is 1. The quantitative estimate of drug-likeness (QED) is 0.777. The topological polar surface area (TPSA) is 60.2 Å². The molecule has 0 unspecified atom stereocenters. The minimum atomic E-state index is 0. The zero-order valence-electron chi connectivity index (χ0n) is 14.0. The lowest BCUT2D eigenvalue weighted by atomic mass is 10.00. The van der Waals surface area contributed by atoms with Crippen LogP contribution >= 0.6 is 12.4 Å². The summed E-state index contributed by atoms with van der Waals surface area (Å²) in [6.07, 6.45) is 2.09. The first-order valence-corrected chi connectivity index (χ1v) is 8.14. The van der Waals surface area contributed by atoms with Crippen LogP contribution < -0.4 is 10.1 Å². The lowest BCUT2D eigenvalue weighted by Gasteiger charge is -2.05. The Morgan fingerprint density at radius 3 is 2.68 bits per heavy atom. The van der Waals surface area contributed by atoms with Gasteiger partial charge in [-0.05, 0) is 61.3 Å². The Morgan fingerprint density at radius 1 is 1.00 bits per heavy atom. The largest absolute Gasteiger partial charge is 0.497 e. The van der Waals surface area contributed by atoms with Gasteiger partial charge in [0.1, 0.15) is 5.75 Å². The molecule has 2 aromatic carbocycles. The molecular formula is C19H20ClN3O2. The van der Waals surface area contributed by atoms with Crippen LogP contribution in [0.2, 0.25) is 0 Å². The molecular weight excluding hydrogens is 338 g/mol. The number of benzene rings is 2. The predicted molar refractivity (Wildman–Crippen MR) is 99.2 cm³/mol. The highest BCUT2D eigenvalue weighted by Crippen LogP contribution is 2.26. The fourth-order valence-electron chi connectivity index (χ4n) is 3.03. The fourth-order valence-corrected chi connectivity index (χ4v) is 3.03. The molecule has 1 N–H and O–H groups in total. The van der Waals surface area contributed by atoms with E-state index in [0.29, 0.717) is 11.7 Å². The average molecular weight is 358 g/mol. The molecule has 0 atom stereocenters. The molecule has 25 heavy (non-hydrogen) atoms. The van der Waals surface area contributed by atoms with Crippen LogP contribution in [0.25, 0.3) is 22.8 Å². The number of methoxy groups -OCH3 is 1. The third kappa shape index (κ3) is 3.67. The van der Waals surface area contributed by atoms with Crippen LogP contribution in [0.1, 0.15) is 11.1 Å². The molecule has 0 bridgehead atoms.